The van der Waals surface area contributed by atoms with Crippen molar-refractivity contribution < 1.29 is 0 Å². The van der Waals surface area contributed by atoms with Crippen molar-refractivity contribution >= 4 is 21.4 Å². The third-order valence-corrected chi connectivity index (χ3v) is 2.61. The van der Waals surface area contributed by atoms with Gasteiger partial charge in [-0.25, -0.2) is 9.50 Å². The van der Waals surface area contributed by atoms with E-state index in [0.717, 1.165) is 22.4 Å². The van der Waals surface area contributed by atoms with Gasteiger partial charge >= 0.3 is 0 Å². The minimum atomic E-state index is 0.592. The first-order chi connectivity index (χ1) is 6.68. The van der Waals surface area contributed by atoms with Crippen LogP contribution in [0, 0.1) is 5.92 Å². The minimum Gasteiger partial charge on any atom is -0.224 e. The molecule has 0 unspecified atom stereocenters. The second-order valence-electron chi connectivity index (χ2n) is 3.74. The second kappa shape index (κ2) is 3.69. The highest BCUT2D eigenvalue weighted by molar-refractivity contribution is 9.10. The number of rotatable bonds is 2. The minimum absolute atomic E-state index is 0.592. The van der Waals surface area contributed by atoms with Crippen molar-refractivity contribution in [2.45, 2.75) is 20.3 Å². The van der Waals surface area contributed by atoms with Gasteiger partial charge in [-0.05, 0) is 34.0 Å². The number of aromatic nitrogens is 3. The van der Waals surface area contributed by atoms with Crippen LogP contribution in [0.2, 0.25) is 0 Å². The summed E-state index contributed by atoms with van der Waals surface area (Å²) in [6.07, 6.45) is 2.73. The van der Waals surface area contributed by atoms with Gasteiger partial charge < -0.3 is 0 Å². The van der Waals surface area contributed by atoms with Crippen LogP contribution in [0.4, 0.5) is 0 Å². The molecule has 2 rings (SSSR count). The van der Waals surface area contributed by atoms with Gasteiger partial charge in [0.25, 0.3) is 0 Å². The van der Waals surface area contributed by atoms with Gasteiger partial charge in [-0.1, -0.05) is 13.8 Å². The largest absolute Gasteiger partial charge is 0.224 e. The van der Waals surface area contributed by atoms with Crippen molar-refractivity contribution in [2.75, 3.05) is 0 Å². The molecule has 0 fully saturated rings. The quantitative estimate of drug-likeness (QED) is 0.824. The predicted molar refractivity (Wildman–Crippen MR) is 59.2 cm³/mol. The fraction of sp³-hybridized carbons (Fsp3) is 0.400. The number of hydrogen-bond acceptors (Lipinski definition) is 2. The van der Waals surface area contributed by atoms with Crippen molar-refractivity contribution in [3.63, 3.8) is 0 Å². The Hall–Kier alpha value is -0.900. The monoisotopic (exact) mass is 253 g/mol. The van der Waals surface area contributed by atoms with Crippen LogP contribution in [-0.4, -0.2) is 14.6 Å². The van der Waals surface area contributed by atoms with E-state index >= 15 is 0 Å². The van der Waals surface area contributed by atoms with E-state index in [1.165, 1.54) is 0 Å². The van der Waals surface area contributed by atoms with Crippen LogP contribution in [0.1, 0.15) is 19.7 Å². The molecule has 0 aliphatic rings. The molecule has 0 aliphatic heterocycles. The van der Waals surface area contributed by atoms with E-state index in [0.29, 0.717) is 5.92 Å². The van der Waals surface area contributed by atoms with Crippen LogP contribution in [0.3, 0.4) is 0 Å². The fourth-order valence-corrected chi connectivity index (χ4v) is 1.95. The van der Waals surface area contributed by atoms with Crippen LogP contribution >= 0.6 is 15.9 Å². The Morgan fingerprint density at radius 3 is 3.00 bits per heavy atom. The van der Waals surface area contributed by atoms with E-state index in [1.54, 1.807) is 6.20 Å². The van der Waals surface area contributed by atoms with Crippen molar-refractivity contribution in [1.29, 1.82) is 0 Å². The Bertz CT molecular complexity index is 448. The average molecular weight is 254 g/mol. The summed E-state index contributed by atoms with van der Waals surface area (Å²) in [5.41, 5.74) is 1.03. The molecule has 4 heteroatoms. The molecule has 3 nitrogen and oxygen atoms in total. The van der Waals surface area contributed by atoms with E-state index in [1.807, 2.05) is 16.6 Å². The Morgan fingerprint density at radius 2 is 2.29 bits per heavy atom. The average Bonchev–Trinajstić information content (AvgIpc) is 2.44. The second-order valence-corrected chi connectivity index (χ2v) is 4.49. The Balaban J connectivity index is 2.55. The Morgan fingerprint density at radius 1 is 1.50 bits per heavy atom. The summed E-state index contributed by atoms with van der Waals surface area (Å²) >= 11 is 3.44. The molecular formula is C10H12BrN3. The summed E-state index contributed by atoms with van der Waals surface area (Å²) in [5.74, 6) is 1.61. The molecule has 0 bridgehead atoms. The van der Waals surface area contributed by atoms with Crippen molar-refractivity contribution in [3.8, 4) is 0 Å². The summed E-state index contributed by atoms with van der Waals surface area (Å²) in [7, 11) is 0. The maximum atomic E-state index is 4.45. The van der Waals surface area contributed by atoms with Crippen LogP contribution in [-0.2, 0) is 6.42 Å². The van der Waals surface area contributed by atoms with Crippen molar-refractivity contribution in [2.24, 2.45) is 5.92 Å². The van der Waals surface area contributed by atoms with E-state index in [2.05, 4.69) is 39.9 Å². The third-order valence-electron chi connectivity index (χ3n) is 2.02. The van der Waals surface area contributed by atoms with Crippen LogP contribution in [0.5, 0.6) is 0 Å². The van der Waals surface area contributed by atoms with Crippen LogP contribution < -0.4 is 0 Å². The molecule has 2 aromatic rings. The van der Waals surface area contributed by atoms with E-state index in [4.69, 9.17) is 0 Å². The van der Waals surface area contributed by atoms with Crippen LogP contribution in [0.15, 0.2) is 22.9 Å². The number of hydrogen-bond donors (Lipinski definition) is 0. The third kappa shape index (κ3) is 1.66. The van der Waals surface area contributed by atoms with Crippen LogP contribution in [0.25, 0.3) is 5.52 Å². The molecule has 0 radical (unpaired) electrons. The topological polar surface area (TPSA) is 30.2 Å². The van der Waals surface area contributed by atoms with Crippen molar-refractivity contribution in [3.05, 3.63) is 28.8 Å². The van der Waals surface area contributed by atoms with E-state index in [-0.39, 0.29) is 0 Å². The summed E-state index contributed by atoms with van der Waals surface area (Å²) in [6.45, 7) is 4.36. The highest BCUT2D eigenvalue weighted by atomic mass is 79.9. The molecular weight excluding hydrogens is 242 g/mol. The summed E-state index contributed by atoms with van der Waals surface area (Å²) in [5, 5.41) is 4.28. The normalized spacial score (nSPS) is 11.4. The lowest BCUT2D eigenvalue weighted by molar-refractivity contribution is 0.608. The molecule has 0 N–H and O–H groups in total. The molecule has 0 amide bonds. The molecule has 0 aliphatic carbocycles. The lowest BCUT2D eigenvalue weighted by Crippen LogP contribution is -2.02. The lowest BCUT2D eigenvalue weighted by Gasteiger charge is -2.01. The van der Waals surface area contributed by atoms with Gasteiger partial charge in [0.2, 0.25) is 0 Å². The Kier molecular flexibility index (Phi) is 2.54. The molecule has 0 atom stereocenters. The molecule has 0 saturated heterocycles. The number of halogens is 1. The molecule has 14 heavy (non-hydrogen) atoms. The lowest BCUT2D eigenvalue weighted by atomic mass is 10.1. The number of imidazole rings is 1. The fourth-order valence-electron chi connectivity index (χ4n) is 1.45. The smallest absolute Gasteiger partial charge is 0.134 e. The maximum Gasteiger partial charge on any atom is 0.134 e. The molecule has 0 spiro atoms. The first-order valence-electron chi connectivity index (χ1n) is 4.66. The zero-order valence-electron chi connectivity index (χ0n) is 8.24. The van der Waals surface area contributed by atoms with Gasteiger partial charge in [0.05, 0.1) is 5.52 Å². The zero-order chi connectivity index (χ0) is 10.1. The molecule has 74 valence electrons. The van der Waals surface area contributed by atoms with E-state index < -0.39 is 0 Å². The van der Waals surface area contributed by atoms with Gasteiger partial charge in [-0.15, -0.1) is 0 Å². The number of nitrogens with zero attached hydrogens (tertiary/aromatic N) is 3. The molecule has 0 aromatic carbocycles. The van der Waals surface area contributed by atoms with Gasteiger partial charge in [0.15, 0.2) is 0 Å². The summed E-state index contributed by atoms with van der Waals surface area (Å²) in [4.78, 5) is 4.45. The first kappa shape index (κ1) is 9.65. The summed E-state index contributed by atoms with van der Waals surface area (Å²) in [6, 6.07) is 3.93. The highest BCUT2D eigenvalue weighted by Crippen LogP contribution is 2.18. The van der Waals surface area contributed by atoms with E-state index in [9.17, 15) is 0 Å². The highest BCUT2D eigenvalue weighted by Gasteiger charge is 2.10. The number of fused-ring (bicyclic) bond motifs is 1. The first-order valence-corrected chi connectivity index (χ1v) is 5.46. The summed E-state index contributed by atoms with van der Waals surface area (Å²) < 4.78 is 2.77. The molecule has 0 saturated carbocycles. The molecule has 2 heterocycles. The van der Waals surface area contributed by atoms with Gasteiger partial charge in [0, 0.05) is 12.6 Å². The maximum absolute atomic E-state index is 4.45. The van der Waals surface area contributed by atoms with Gasteiger partial charge in [-0.2, -0.15) is 5.10 Å². The predicted octanol–water partition coefficient (Wildman–Crippen LogP) is 2.69. The van der Waals surface area contributed by atoms with Gasteiger partial charge in [0.1, 0.15) is 10.4 Å². The Labute approximate surface area is 91.3 Å². The van der Waals surface area contributed by atoms with Crippen molar-refractivity contribution in [1.82, 2.24) is 14.6 Å². The van der Waals surface area contributed by atoms with Gasteiger partial charge in [-0.3, -0.25) is 0 Å². The zero-order valence-corrected chi connectivity index (χ0v) is 9.82. The standard InChI is InChI=1S/C10H12BrN3/c1-7(2)6-9-13-10(11)8-4-3-5-12-14(8)9/h3-5,7H,6H2,1-2H3. The molecule has 2 aromatic heterocycles. The SMILES string of the molecule is CC(C)Cc1nc(Br)c2cccnn12.